The number of benzene rings is 15. The van der Waals surface area contributed by atoms with E-state index in [0.717, 1.165) is 110 Å². The first-order chi connectivity index (χ1) is 71.3. The highest BCUT2D eigenvalue weighted by atomic mass is 35.5. The number of nitrogens with zero attached hydrogens (tertiary/aromatic N) is 18. The van der Waals surface area contributed by atoms with Crippen molar-refractivity contribution in [3.63, 3.8) is 0 Å². The zero-order valence-corrected chi connectivity index (χ0v) is 84.7. The molecule has 22 aromatic rings. The molecule has 0 saturated carbocycles. The lowest BCUT2D eigenvalue weighted by atomic mass is 10.0. The van der Waals surface area contributed by atoms with Gasteiger partial charge in [-0.2, -0.15) is 30.6 Å². The summed E-state index contributed by atoms with van der Waals surface area (Å²) in [5.41, 5.74) is 52.1. The van der Waals surface area contributed by atoms with Crippen LogP contribution in [0.4, 0.5) is 40.1 Å². The van der Waals surface area contributed by atoms with E-state index in [1.54, 1.807) is 140 Å². The number of rotatable bonds is 19. The molecule has 0 aliphatic carbocycles. The molecule has 0 bridgehead atoms. The van der Waals surface area contributed by atoms with Crippen molar-refractivity contribution >= 4 is 221 Å². The largest absolute Gasteiger partial charge is 0.368 e. The number of anilines is 6. The molecule has 0 unspecified atom stereocenters. The van der Waals surface area contributed by atoms with Crippen LogP contribution in [0.2, 0.25) is 45.2 Å². The van der Waals surface area contributed by atoms with Gasteiger partial charge in [-0.3, -0.25) is 0 Å². The Morgan fingerprint density at radius 1 is 0.245 bits per heavy atom. The maximum absolute atomic E-state index is 12.9. The van der Waals surface area contributed by atoms with Gasteiger partial charge in [-0.15, -0.1) is 11.3 Å². The Kier molecular flexibility index (Phi) is 33.4. The maximum Gasteiger partial charge on any atom is 0.221 e. The summed E-state index contributed by atoms with van der Waals surface area (Å²) in [5.74, 6) is 1.53. The smallest absolute Gasteiger partial charge is 0.221 e. The van der Waals surface area contributed by atoms with Gasteiger partial charge < -0.3 is 34.4 Å². The van der Waals surface area contributed by atoms with Gasteiger partial charge in [0.15, 0.2) is 0 Å². The fraction of sp³-hybridized carbons (Fsp3) is 0. The van der Waals surface area contributed by atoms with Gasteiger partial charge in [-0.05, 0) is 193 Å². The van der Waals surface area contributed by atoms with E-state index in [9.17, 15) is 4.39 Å². The van der Waals surface area contributed by atoms with Gasteiger partial charge in [0.2, 0.25) is 35.7 Å². The molecule has 0 saturated heterocycles. The Balaban J connectivity index is 0.000000121. The second-order valence-electron chi connectivity index (χ2n) is 32.2. The Bertz CT molecular complexity index is 8380. The van der Waals surface area contributed by atoms with Crippen molar-refractivity contribution in [2.45, 2.75) is 0 Å². The molecule has 15 aromatic carbocycles. The molecule has 0 aliphatic rings. The van der Waals surface area contributed by atoms with E-state index in [2.05, 4.69) is 139 Å². The molecule has 35 heteroatoms. The van der Waals surface area contributed by atoms with E-state index in [1.165, 1.54) is 37.8 Å². The number of hydrogen-bond acceptors (Lipinski definition) is 19. The first kappa shape index (κ1) is 102. The molecule has 0 amide bonds. The summed E-state index contributed by atoms with van der Waals surface area (Å²) in [6.07, 6.45) is 20.7. The quantitative estimate of drug-likeness (QED) is 0.0325. The summed E-state index contributed by atoms with van der Waals surface area (Å²) < 4.78 is 22.0. The van der Waals surface area contributed by atoms with Gasteiger partial charge in [0, 0.05) is 68.9 Å². The van der Waals surface area contributed by atoms with Gasteiger partial charge in [-0.25, -0.2) is 62.4 Å². The van der Waals surface area contributed by atoms with E-state index >= 15 is 0 Å². The SMILES string of the molecule is Nc1nc(-c2ccc(-c3ccccc3)cc2)cn1/N=C\c1ccc(Cl)cc1.Nc1nc(-c2ccc(Cl)cc2Cl)cn1/N=C\c1ccc(Cl)cc1.Nc1nc(-c2ccc(Cl)cc2Cl)cn1/N=C\c1ccc(F)cc1.Nc1nc(-c2ccc3ccccc3c2)cn1/N=C\c1ccc(Cl)cc1.Nc1nc(-c2ccccc2)cn1/N=C\c1ccc2cc3ccccc3cc2c1Cl.Nc1nc(-c2cccs2)cn1/N=C\c1ccc(Cl)cc1. The average Bonchev–Trinajstić information content (AvgIpc) is 1.59. The van der Waals surface area contributed by atoms with Gasteiger partial charge in [-0.1, -0.05) is 329 Å². The number of imidazole rings is 6. The molecule has 726 valence electrons. The Hall–Kier alpha value is -16.6. The zero-order chi connectivity index (χ0) is 102. The average molecular weight is 2130 g/mol. The molecular weight excluding hydrogens is 2050 g/mol. The van der Waals surface area contributed by atoms with Crippen molar-refractivity contribution in [1.82, 2.24) is 58.0 Å². The standard InChI is InChI=1S/C24H17ClN4.C22H17ClN4.C20H15ClN4.C16H11Cl3N4.C16H11Cl2FN4.C14H11ClN4S/c25-23-20(11-10-19-12-17-8-4-5-9-18(17)13-21(19)23)14-27-29-15-22(28-24(29)26)16-6-2-1-3-7-16;23-20-12-6-16(7-13-20)14-25-27-15-21(26-22(27)24)19-10-8-18(9-11-19)17-4-2-1-3-5-17;21-18-9-5-14(6-10-18)12-23-25-13-19(24-20(25)22)17-8-7-15-3-1-2-4-16(15)11-17;17-11-3-1-10(2-4-11)8-21-23-9-15(22-16(23)20)13-6-5-12(18)7-14(13)19;17-11-3-6-13(14(18)7-11)15-9-23(16(20)22-15)21-8-10-1-4-12(19)5-2-10;15-11-5-3-10(4-6-11)8-17-19-9-12(18-14(19)16)13-2-1-7-20-13/h1-15H,(H2,26,28);1-15H,(H2,24,26);1-13H,(H2,22,24);2*1-9H,(H2,20,22);1-9H,(H2,16,18)/b27-14-;25-14-;23-12-;2*21-8-;17-8-. The van der Waals surface area contributed by atoms with Crippen molar-refractivity contribution in [2.24, 2.45) is 30.6 Å². The van der Waals surface area contributed by atoms with Crippen molar-refractivity contribution in [2.75, 3.05) is 34.4 Å². The highest BCUT2D eigenvalue weighted by Crippen LogP contribution is 2.37. The lowest BCUT2D eigenvalue weighted by molar-refractivity contribution is 0.628. The third-order valence-corrected chi connectivity index (χ3v) is 25.5. The molecule has 0 radical (unpaired) electrons. The van der Waals surface area contributed by atoms with Crippen LogP contribution in [0.15, 0.2) is 419 Å². The number of aromatic nitrogens is 12. The van der Waals surface area contributed by atoms with Crippen LogP contribution in [0.3, 0.4) is 0 Å². The normalized spacial score (nSPS) is 11.3. The first-order valence-electron chi connectivity index (χ1n) is 44.7. The van der Waals surface area contributed by atoms with Gasteiger partial charge in [0.25, 0.3) is 0 Å². The summed E-state index contributed by atoms with van der Waals surface area (Å²) in [6.45, 7) is 0. The van der Waals surface area contributed by atoms with Gasteiger partial charge in [0.1, 0.15) is 11.5 Å². The van der Waals surface area contributed by atoms with Crippen molar-refractivity contribution in [1.29, 1.82) is 0 Å². The Morgan fingerprint density at radius 2 is 0.551 bits per heavy atom. The maximum atomic E-state index is 12.9. The number of halogens is 10. The number of hydrogen-bond donors (Lipinski definition) is 6. The Labute approximate surface area is 891 Å². The summed E-state index contributed by atoms with van der Waals surface area (Å²) in [6, 6.07) is 109. The molecule has 22 rings (SSSR count). The highest BCUT2D eigenvalue weighted by Gasteiger charge is 2.17. The minimum atomic E-state index is -0.302. The second-order valence-corrected chi connectivity index (χ2v) is 36.9. The number of fused-ring (bicyclic) bond motifs is 3. The van der Waals surface area contributed by atoms with E-state index in [-0.39, 0.29) is 17.7 Å². The minimum Gasteiger partial charge on any atom is -0.368 e. The summed E-state index contributed by atoms with van der Waals surface area (Å²) in [5, 5.41) is 40.3. The summed E-state index contributed by atoms with van der Waals surface area (Å²) in [4.78, 5) is 27.1. The lowest BCUT2D eigenvalue weighted by Gasteiger charge is -2.06. The molecular formula is C112H82Cl9FN24S. The zero-order valence-electron chi connectivity index (χ0n) is 77.1. The molecule has 0 atom stereocenters. The minimum absolute atomic E-state index is 0.212. The van der Waals surface area contributed by atoms with E-state index in [1.807, 2.05) is 224 Å². The van der Waals surface area contributed by atoms with Crippen LogP contribution in [0.25, 0.3) is 110 Å². The summed E-state index contributed by atoms with van der Waals surface area (Å²) in [7, 11) is 0. The fourth-order valence-electron chi connectivity index (χ4n) is 14.5. The third-order valence-electron chi connectivity index (χ3n) is 22.1. The molecule has 7 heterocycles. The monoisotopic (exact) mass is 2130 g/mol. The van der Waals surface area contributed by atoms with Gasteiger partial charge >= 0.3 is 0 Å². The van der Waals surface area contributed by atoms with Crippen LogP contribution in [0.1, 0.15) is 33.4 Å². The van der Waals surface area contributed by atoms with E-state index < -0.39 is 0 Å². The predicted octanol–water partition coefficient (Wildman–Crippen LogP) is 29.3. The Morgan fingerprint density at radius 3 is 0.959 bits per heavy atom. The lowest BCUT2D eigenvalue weighted by Crippen LogP contribution is -1.97. The highest BCUT2D eigenvalue weighted by molar-refractivity contribution is 7.13. The van der Waals surface area contributed by atoms with E-state index in [0.29, 0.717) is 85.9 Å². The number of nitrogens with two attached hydrogens (primary N) is 6. The van der Waals surface area contributed by atoms with Crippen LogP contribution in [0.5, 0.6) is 0 Å². The van der Waals surface area contributed by atoms with Crippen molar-refractivity contribution in [3.05, 3.63) is 473 Å². The van der Waals surface area contributed by atoms with Crippen LogP contribution < -0.4 is 34.4 Å². The van der Waals surface area contributed by atoms with Crippen LogP contribution in [-0.4, -0.2) is 95.2 Å². The van der Waals surface area contributed by atoms with E-state index in [4.69, 9.17) is 139 Å². The van der Waals surface area contributed by atoms with Gasteiger partial charge in [0.05, 0.1) is 123 Å². The molecule has 0 spiro atoms. The predicted molar refractivity (Wildman–Crippen MR) is 610 cm³/mol. The fourth-order valence-corrected chi connectivity index (χ4v) is 17.0. The molecule has 0 aliphatic heterocycles. The van der Waals surface area contributed by atoms with Crippen molar-refractivity contribution in [3.8, 4) is 78.0 Å². The van der Waals surface area contributed by atoms with Crippen LogP contribution in [0, 0.1) is 5.82 Å². The second kappa shape index (κ2) is 48.2. The molecule has 147 heavy (non-hydrogen) atoms. The van der Waals surface area contributed by atoms with Crippen LogP contribution >= 0.6 is 116 Å². The summed E-state index contributed by atoms with van der Waals surface area (Å²) >= 11 is 55.9. The van der Waals surface area contributed by atoms with Crippen molar-refractivity contribution < 1.29 is 4.39 Å². The first-order valence-corrected chi connectivity index (χ1v) is 49.0. The topological polar surface area (TPSA) is 337 Å². The number of nitrogen functional groups attached to an aromatic ring is 6. The molecule has 12 N–H and O–H groups in total. The third kappa shape index (κ3) is 27.1. The van der Waals surface area contributed by atoms with Crippen LogP contribution in [-0.2, 0) is 0 Å². The molecule has 7 aromatic heterocycles. The number of thiophene rings is 1. The molecule has 24 nitrogen and oxygen atoms in total. The molecule has 0 fully saturated rings.